The smallest absolute Gasteiger partial charge is 0.255 e. The predicted octanol–water partition coefficient (Wildman–Crippen LogP) is 7.49. The number of nitrogens with zero attached hydrogens (tertiary/aromatic N) is 1. The highest BCUT2D eigenvalue weighted by molar-refractivity contribution is 8.01. The molecule has 0 aliphatic carbocycles. The lowest BCUT2D eigenvalue weighted by Gasteiger charge is -2.05. The molecule has 0 spiro atoms. The lowest BCUT2D eigenvalue weighted by atomic mass is 10.1. The topological polar surface area (TPSA) is 84.2 Å². The Labute approximate surface area is 220 Å². The summed E-state index contributed by atoms with van der Waals surface area (Å²) in [6.45, 7) is 1.99. The van der Waals surface area contributed by atoms with Gasteiger partial charge in [0.1, 0.15) is 11.2 Å². The number of thiazole rings is 1. The van der Waals surface area contributed by atoms with Crippen LogP contribution < -0.4 is 10.6 Å². The number of hydrogen-bond donors (Lipinski definition) is 2. The van der Waals surface area contributed by atoms with Crippen molar-refractivity contribution < 1.29 is 14.0 Å². The van der Waals surface area contributed by atoms with Crippen molar-refractivity contribution in [3.05, 3.63) is 96.1 Å². The first kappa shape index (κ1) is 23.3. The molecule has 0 radical (unpaired) electrons. The van der Waals surface area contributed by atoms with Crippen LogP contribution in [0, 0.1) is 6.92 Å². The molecular formula is C29H21N3O3S2. The van der Waals surface area contributed by atoms with E-state index < -0.39 is 0 Å². The maximum atomic E-state index is 12.6. The van der Waals surface area contributed by atoms with Crippen LogP contribution in [0.25, 0.3) is 32.2 Å². The van der Waals surface area contributed by atoms with Crippen LogP contribution in [0.1, 0.15) is 15.9 Å². The molecule has 6 aromatic rings. The molecule has 2 aromatic heterocycles. The third-order valence-electron chi connectivity index (χ3n) is 5.93. The van der Waals surface area contributed by atoms with Gasteiger partial charge in [-0.05, 0) is 55.5 Å². The van der Waals surface area contributed by atoms with Gasteiger partial charge in [-0.1, -0.05) is 47.7 Å². The second kappa shape index (κ2) is 9.72. The second-order valence-corrected chi connectivity index (χ2v) is 10.9. The molecule has 6 rings (SSSR count). The summed E-state index contributed by atoms with van der Waals surface area (Å²) < 4.78 is 7.65. The zero-order chi connectivity index (χ0) is 25.4. The van der Waals surface area contributed by atoms with Crippen molar-refractivity contribution in [1.29, 1.82) is 0 Å². The van der Waals surface area contributed by atoms with Crippen molar-refractivity contribution in [2.24, 2.45) is 0 Å². The maximum absolute atomic E-state index is 12.6. The van der Waals surface area contributed by atoms with Crippen LogP contribution in [-0.4, -0.2) is 22.6 Å². The predicted molar refractivity (Wildman–Crippen MR) is 152 cm³/mol. The number of nitrogens with one attached hydrogen (secondary N) is 2. The fraction of sp³-hybridized carbons (Fsp3) is 0.0690. The number of furan rings is 1. The van der Waals surface area contributed by atoms with E-state index in [0.29, 0.717) is 16.9 Å². The lowest BCUT2D eigenvalue weighted by Crippen LogP contribution is -2.13. The van der Waals surface area contributed by atoms with Crippen molar-refractivity contribution in [3.63, 3.8) is 0 Å². The summed E-state index contributed by atoms with van der Waals surface area (Å²) in [5.74, 6) is -0.0450. The summed E-state index contributed by atoms with van der Waals surface area (Å²) in [7, 11) is 0. The molecule has 0 fully saturated rings. The molecule has 0 saturated carbocycles. The van der Waals surface area contributed by atoms with Crippen LogP contribution in [0.5, 0.6) is 0 Å². The number of aryl methyl sites for hydroxylation is 1. The van der Waals surface area contributed by atoms with E-state index in [9.17, 15) is 9.59 Å². The fourth-order valence-electron chi connectivity index (χ4n) is 4.08. The van der Waals surface area contributed by atoms with E-state index in [0.717, 1.165) is 42.1 Å². The largest absolute Gasteiger partial charge is 0.456 e. The summed E-state index contributed by atoms with van der Waals surface area (Å²) in [6.07, 6.45) is 0. The number of carbonyl (C=O) groups excluding carboxylic acids is 2. The Morgan fingerprint density at radius 1 is 0.865 bits per heavy atom. The Bertz CT molecular complexity index is 1790. The quantitative estimate of drug-likeness (QED) is 0.221. The first-order valence-corrected chi connectivity index (χ1v) is 13.4. The average Bonchev–Trinajstić information content (AvgIpc) is 3.48. The van der Waals surface area contributed by atoms with Crippen LogP contribution in [0.2, 0.25) is 0 Å². The molecule has 0 saturated heterocycles. The fourth-order valence-corrected chi connectivity index (χ4v) is 5.99. The Balaban J connectivity index is 1.09. The van der Waals surface area contributed by atoms with Gasteiger partial charge in [-0.15, -0.1) is 11.3 Å². The molecule has 0 bridgehead atoms. The van der Waals surface area contributed by atoms with Crippen molar-refractivity contribution in [2.75, 3.05) is 16.4 Å². The lowest BCUT2D eigenvalue weighted by molar-refractivity contribution is -0.113. The van der Waals surface area contributed by atoms with Gasteiger partial charge in [0, 0.05) is 33.8 Å². The standard InChI is InChI=1S/C29H21N3O3S2/c1-17-6-8-18(9-7-17)28(34)31-20-11-13-23-26(15-20)37-29(32-23)36-16-27(33)30-19-10-12-22-21-4-2-3-5-24(21)35-25(22)14-19/h2-15H,16H2,1H3,(H,30,33)(H,31,34). The third kappa shape index (κ3) is 4.94. The SMILES string of the molecule is Cc1ccc(C(=O)Nc2ccc3nc(SCC(=O)Nc4ccc5c(c4)oc4ccccc45)sc3c2)cc1. The van der Waals surface area contributed by atoms with Gasteiger partial charge in [0.05, 0.1) is 16.0 Å². The summed E-state index contributed by atoms with van der Waals surface area (Å²) in [6, 6.07) is 26.6. The molecular weight excluding hydrogens is 502 g/mol. The van der Waals surface area contributed by atoms with Crippen molar-refractivity contribution in [2.45, 2.75) is 11.3 Å². The van der Waals surface area contributed by atoms with Crippen LogP contribution in [0.3, 0.4) is 0 Å². The van der Waals surface area contributed by atoms with E-state index >= 15 is 0 Å². The minimum atomic E-state index is -0.157. The molecule has 0 atom stereocenters. The van der Waals surface area contributed by atoms with Gasteiger partial charge < -0.3 is 15.1 Å². The molecule has 2 heterocycles. The van der Waals surface area contributed by atoms with Gasteiger partial charge in [-0.25, -0.2) is 4.98 Å². The molecule has 4 aromatic carbocycles. The Kier molecular flexibility index (Phi) is 6.12. The zero-order valence-electron chi connectivity index (χ0n) is 19.8. The maximum Gasteiger partial charge on any atom is 0.255 e. The zero-order valence-corrected chi connectivity index (χ0v) is 21.4. The summed E-state index contributed by atoms with van der Waals surface area (Å²) in [5.41, 5.74) is 5.50. The molecule has 2 amide bonds. The number of amides is 2. The van der Waals surface area contributed by atoms with E-state index in [2.05, 4.69) is 15.6 Å². The summed E-state index contributed by atoms with van der Waals surface area (Å²) in [4.78, 5) is 29.8. The van der Waals surface area contributed by atoms with E-state index in [1.807, 2.05) is 91.9 Å². The highest BCUT2D eigenvalue weighted by atomic mass is 32.2. The molecule has 2 N–H and O–H groups in total. The van der Waals surface area contributed by atoms with Crippen molar-refractivity contribution in [1.82, 2.24) is 4.98 Å². The Hall–Kier alpha value is -4.14. The number of anilines is 2. The monoisotopic (exact) mass is 523 g/mol. The van der Waals surface area contributed by atoms with E-state index in [1.54, 1.807) is 0 Å². The minimum Gasteiger partial charge on any atom is -0.456 e. The highest BCUT2D eigenvalue weighted by Crippen LogP contribution is 2.32. The van der Waals surface area contributed by atoms with Crippen LogP contribution >= 0.6 is 23.1 Å². The number of fused-ring (bicyclic) bond motifs is 4. The minimum absolute atomic E-state index is 0.120. The average molecular weight is 524 g/mol. The summed E-state index contributed by atoms with van der Waals surface area (Å²) >= 11 is 2.88. The number of hydrogen-bond acceptors (Lipinski definition) is 6. The third-order valence-corrected chi connectivity index (χ3v) is 8.09. The second-order valence-electron chi connectivity index (χ2n) is 8.63. The molecule has 0 aliphatic rings. The number of aromatic nitrogens is 1. The number of para-hydroxylation sites is 1. The van der Waals surface area contributed by atoms with Gasteiger partial charge in [0.15, 0.2) is 4.34 Å². The first-order valence-electron chi connectivity index (χ1n) is 11.6. The number of benzene rings is 4. The number of carbonyl (C=O) groups is 2. The number of rotatable bonds is 6. The van der Waals surface area contributed by atoms with Gasteiger partial charge in [0.25, 0.3) is 5.91 Å². The highest BCUT2D eigenvalue weighted by Gasteiger charge is 2.12. The van der Waals surface area contributed by atoms with E-state index in [1.165, 1.54) is 23.1 Å². The van der Waals surface area contributed by atoms with Gasteiger partial charge in [0.2, 0.25) is 5.91 Å². The van der Waals surface area contributed by atoms with E-state index in [4.69, 9.17) is 4.42 Å². The van der Waals surface area contributed by atoms with E-state index in [-0.39, 0.29) is 17.6 Å². The number of thioether (sulfide) groups is 1. The first-order chi connectivity index (χ1) is 18.0. The summed E-state index contributed by atoms with van der Waals surface area (Å²) in [5, 5.41) is 7.96. The van der Waals surface area contributed by atoms with Gasteiger partial charge in [-0.3, -0.25) is 9.59 Å². The van der Waals surface area contributed by atoms with Gasteiger partial charge >= 0.3 is 0 Å². The molecule has 37 heavy (non-hydrogen) atoms. The molecule has 0 aliphatic heterocycles. The van der Waals surface area contributed by atoms with Crippen LogP contribution in [-0.2, 0) is 4.79 Å². The molecule has 8 heteroatoms. The van der Waals surface area contributed by atoms with Crippen molar-refractivity contribution in [3.8, 4) is 0 Å². The Morgan fingerprint density at radius 2 is 1.62 bits per heavy atom. The Morgan fingerprint density at radius 3 is 2.49 bits per heavy atom. The molecule has 0 unspecified atom stereocenters. The molecule has 6 nitrogen and oxygen atoms in total. The van der Waals surface area contributed by atoms with Crippen LogP contribution in [0.4, 0.5) is 11.4 Å². The normalized spacial score (nSPS) is 11.3. The van der Waals surface area contributed by atoms with Crippen LogP contribution in [0.15, 0.2) is 93.7 Å². The van der Waals surface area contributed by atoms with Gasteiger partial charge in [-0.2, -0.15) is 0 Å². The van der Waals surface area contributed by atoms with Crippen molar-refractivity contribution >= 4 is 78.4 Å². The molecule has 182 valence electrons.